The van der Waals surface area contributed by atoms with Crippen LogP contribution < -0.4 is 14.9 Å². The lowest BCUT2D eigenvalue weighted by molar-refractivity contribution is 0.0729. The number of methoxy groups -OCH3 is 1. The van der Waals surface area contributed by atoms with Gasteiger partial charge in [0.1, 0.15) is 4.88 Å². The zero-order valence-corrected chi connectivity index (χ0v) is 19.4. The lowest BCUT2D eigenvalue weighted by Gasteiger charge is -2.10. The van der Waals surface area contributed by atoms with Gasteiger partial charge in [-0.15, -0.1) is 11.3 Å². The molecule has 4 rings (SSSR count). The van der Waals surface area contributed by atoms with E-state index in [0.717, 1.165) is 15.6 Å². The van der Waals surface area contributed by atoms with Crippen LogP contribution in [0.1, 0.15) is 31.2 Å². The van der Waals surface area contributed by atoms with Crippen molar-refractivity contribution in [3.8, 4) is 11.5 Å². The van der Waals surface area contributed by atoms with E-state index in [4.69, 9.17) is 21.1 Å². The molecule has 1 heterocycles. The van der Waals surface area contributed by atoms with Crippen molar-refractivity contribution in [2.24, 2.45) is 5.10 Å². The van der Waals surface area contributed by atoms with Gasteiger partial charge in [-0.25, -0.2) is 10.2 Å². The van der Waals surface area contributed by atoms with Gasteiger partial charge in [0.15, 0.2) is 11.5 Å². The smallest absolute Gasteiger partial charge is 0.343 e. The van der Waals surface area contributed by atoms with Crippen molar-refractivity contribution in [1.29, 1.82) is 0 Å². The average molecular weight is 479 g/mol. The summed E-state index contributed by atoms with van der Waals surface area (Å²) < 4.78 is 11.7. The van der Waals surface area contributed by atoms with Crippen molar-refractivity contribution in [2.75, 3.05) is 7.11 Å². The number of nitrogens with zero attached hydrogens (tertiary/aromatic N) is 1. The third-order valence-electron chi connectivity index (χ3n) is 4.80. The highest BCUT2D eigenvalue weighted by Gasteiger charge is 2.16. The van der Waals surface area contributed by atoms with Crippen molar-refractivity contribution in [3.63, 3.8) is 0 Å². The average Bonchev–Trinajstić information content (AvgIpc) is 3.17. The van der Waals surface area contributed by atoms with Crippen molar-refractivity contribution in [3.05, 3.63) is 93.3 Å². The standard InChI is InChI=1S/C25H19ClN2O4S/c1-15-7-10-17(11-8-15)25(30)32-19-12-9-16(13-20(19)31-2)14-27-28-24(29)23-22(26)18-5-3-4-6-21(18)33-23/h3-14H,1-2H3,(H,28,29). The molecule has 6 nitrogen and oxygen atoms in total. The van der Waals surface area contributed by atoms with Crippen LogP contribution in [0, 0.1) is 6.92 Å². The number of hydrogen-bond acceptors (Lipinski definition) is 6. The fourth-order valence-electron chi connectivity index (χ4n) is 3.07. The second-order valence-corrected chi connectivity index (χ2v) is 8.54. The number of halogens is 1. The number of ether oxygens (including phenoxy) is 2. The zero-order valence-electron chi connectivity index (χ0n) is 17.8. The Bertz CT molecular complexity index is 1360. The first-order chi connectivity index (χ1) is 16.0. The van der Waals surface area contributed by atoms with E-state index in [9.17, 15) is 9.59 Å². The minimum absolute atomic E-state index is 0.279. The number of carbonyl (C=O) groups excluding carboxylic acids is 2. The van der Waals surface area contributed by atoms with Gasteiger partial charge in [0.2, 0.25) is 0 Å². The number of fused-ring (bicyclic) bond motifs is 1. The quantitative estimate of drug-likeness (QED) is 0.163. The number of aryl methyl sites for hydroxylation is 1. The number of nitrogens with one attached hydrogen (secondary N) is 1. The van der Waals surface area contributed by atoms with Gasteiger partial charge < -0.3 is 9.47 Å². The number of thiophene rings is 1. The van der Waals surface area contributed by atoms with Crippen molar-refractivity contribution < 1.29 is 19.1 Å². The molecule has 0 atom stereocenters. The number of hydrogen-bond donors (Lipinski definition) is 1. The largest absolute Gasteiger partial charge is 0.493 e. The zero-order chi connectivity index (χ0) is 23.4. The fourth-order valence-corrected chi connectivity index (χ4v) is 4.48. The van der Waals surface area contributed by atoms with Gasteiger partial charge in [-0.3, -0.25) is 4.79 Å². The molecule has 33 heavy (non-hydrogen) atoms. The van der Waals surface area contributed by atoms with Crippen LogP contribution in [0.4, 0.5) is 0 Å². The molecule has 0 saturated carbocycles. The molecule has 0 radical (unpaired) electrons. The van der Waals surface area contributed by atoms with Crippen LogP contribution in [0.25, 0.3) is 10.1 Å². The van der Waals surface area contributed by atoms with Gasteiger partial charge in [-0.1, -0.05) is 47.5 Å². The van der Waals surface area contributed by atoms with E-state index in [0.29, 0.717) is 26.8 Å². The van der Waals surface area contributed by atoms with Gasteiger partial charge >= 0.3 is 5.97 Å². The number of benzene rings is 3. The van der Waals surface area contributed by atoms with Crippen LogP contribution >= 0.6 is 22.9 Å². The molecule has 166 valence electrons. The first kappa shape index (κ1) is 22.5. The van der Waals surface area contributed by atoms with E-state index in [-0.39, 0.29) is 5.75 Å². The van der Waals surface area contributed by atoms with Gasteiger partial charge in [0.05, 0.1) is 23.9 Å². The summed E-state index contributed by atoms with van der Waals surface area (Å²) in [5, 5.41) is 5.25. The van der Waals surface area contributed by atoms with E-state index < -0.39 is 11.9 Å². The maximum atomic E-state index is 12.5. The van der Waals surface area contributed by atoms with Gasteiger partial charge in [-0.2, -0.15) is 5.10 Å². The third-order valence-corrected chi connectivity index (χ3v) is 6.47. The van der Waals surface area contributed by atoms with Gasteiger partial charge in [-0.05, 0) is 48.9 Å². The Balaban J connectivity index is 1.44. The Kier molecular flexibility index (Phi) is 6.72. The number of esters is 1. The Hall–Kier alpha value is -3.68. The topological polar surface area (TPSA) is 77.0 Å². The third kappa shape index (κ3) is 5.05. The molecule has 0 aliphatic heterocycles. The number of hydrazone groups is 1. The summed E-state index contributed by atoms with van der Waals surface area (Å²) in [6.45, 7) is 1.94. The second kappa shape index (κ2) is 9.85. The van der Waals surface area contributed by atoms with E-state index in [1.807, 2.05) is 43.3 Å². The Morgan fingerprint density at radius 3 is 2.52 bits per heavy atom. The number of carbonyl (C=O) groups is 2. The molecule has 0 spiro atoms. The molecule has 0 bridgehead atoms. The molecule has 0 fully saturated rings. The summed E-state index contributed by atoms with van der Waals surface area (Å²) in [6.07, 6.45) is 1.47. The number of rotatable bonds is 6. The highest BCUT2D eigenvalue weighted by molar-refractivity contribution is 7.21. The minimum Gasteiger partial charge on any atom is -0.493 e. The molecule has 8 heteroatoms. The van der Waals surface area contributed by atoms with E-state index in [1.54, 1.807) is 30.3 Å². The summed E-state index contributed by atoms with van der Waals surface area (Å²) in [7, 11) is 1.48. The first-order valence-corrected chi connectivity index (χ1v) is 11.1. The summed E-state index contributed by atoms with van der Waals surface area (Å²) in [4.78, 5) is 25.3. The number of amides is 1. The fraction of sp³-hybridized carbons (Fsp3) is 0.0800. The molecular formula is C25H19ClN2O4S. The molecule has 3 aromatic carbocycles. The maximum Gasteiger partial charge on any atom is 0.343 e. The van der Waals surface area contributed by atoms with Crippen molar-refractivity contribution in [1.82, 2.24) is 5.43 Å². The maximum absolute atomic E-state index is 12.5. The van der Waals surface area contributed by atoms with Crippen LogP contribution in [0.5, 0.6) is 11.5 Å². The summed E-state index contributed by atoms with van der Waals surface area (Å²) in [6, 6.07) is 19.6. The van der Waals surface area contributed by atoms with E-state index >= 15 is 0 Å². The Labute approximate surface area is 199 Å². The molecule has 0 unspecified atom stereocenters. The van der Waals surface area contributed by atoms with Crippen LogP contribution in [0.2, 0.25) is 5.02 Å². The van der Waals surface area contributed by atoms with Gasteiger partial charge in [0, 0.05) is 10.1 Å². The Morgan fingerprint density at radius 1 is 1.03 bits per heavy atom. The van der Waals surface area contributed by atoms with Crippen molar-refractivity contribution in [2.45, 2.75) is 6.92 Å². The molecule has 0 aliphatic carbocycles. The molecular weight excluding hydrogens is 460 g/mol. The summed E-state index contributed by atoms with van der Waals surface area (Å²) in [5.74, 6) is -0.241. The normalized spacial score (nSPS) is 11.0. The van der Waals surface area contributed by atoms with Crippen LogP contribution in [-0.4, -0.2) is 25.2 Å². The molecule has 1 N–H and O–H groups in total. The minimum atomic E-state index is -0.484. The van der Waals surface area contributed by atoms with Crippen LogP contribution in [0.3, 0.4) is 0 Å². The van der Waals surface area contributed by atoms with Crippen LogP contribution in [-0.2, 0) is 0 Å². The predicted molar refractivity (Wildman–Crippen MR) is 131 cm³/mol. The summed E-state index contributed by atoms with van der Waals surface area (Å²) >= 11 is 7.64. The highest BCUT2D eigenvalue weighted by Crippen LogP contribution is 2.35. The van der Waals surface area contributed by atoms with Crippen molar-refractivity contribution >= 4 is 51.1 Å². The monoisotopic (exact) mass is 478 g/mol. The van der Waals surface area contributed by atoms with Gasteiger partial charge in [0.25, 0.3) is 5.91 Å². The van der Waals surface area contributed by atoms with Crippen LogP contribution in [0.15, 0.2) is 71.8 Å². The van der Waals surface area contributed by atoms with E-state index in [2.05, 4.69) is 10.5 Å². The molecule has 1 amide bonds. The summed E-state index contributed by atoms with van der Waals surface area (Å²) in [5.41, 5.74) is 4.62. The van der Waals surface area contributed by atoms with E-state index in [1.165, 1.54) is 24.7 Å². The molecule has 0 aliphatic rings. The highest BCUT2D eigenvalue weighted by atomic mass is 35.5. The lowest BCUT2D eigenvalue weighted by Crippen LogP contribution is -2.16. The first-order valence-electron chi connectivity index (χ1n) is 9.93. The Morgan fingerprint density at radius 2 is 1.79 bits per heavy atom. The second-order valence-electron chi connectivity index (χ2n) is 7.11. The predicted octanol–water partition coefficient (Wildman–Crippen LogP) is 5.85. The molecule has 1 aromatic heterocycles. The SMILES string of the molecule is COc1cc(C=NNC(=O)c2sc3ccccc3c2Cl)ccc1OC(=O)c1ccc(C)cc1. The molecule has 4 aromatic rings. The molecule has 0 saturated heterocycles. The lowest BCUT2D eigenvalue weighted by atomic mass is 10.1.